The average molecular weight is 235 g/mol. The van der Waals surface area contributed by atoms with Crippen molar-refractivity contribution in [2.24, 2.45) is 0 Å². The number of carbonyl (C=O) groups excluding carboxylic acids is 1. The summed E-state index contributed by atoms with van der Waals surface area (Å²) in [7, 11) is 1.60. The van der Waals surface area contributed by atoms with Crippen molar-refractivity contribution >= 4 is 11.5 Å². The fourth-order valence-corrected chi connectivity index (χ4v) is 2.03. The summed E-state index contributed by atoms with van der Waals surface area (Å²) in [5.74, 6) is 0.705. The zero-order chi connectivity index (χ0) is 12.8. The molecule has 0 saturated heterocycles. The van der Waals surface area contributed by atoms with Crippen LogP contribution < -0.4 is 9.64 Å². The third-order valence-electron chi connectivity index (χ3n) is 2.79. The monoisotopic (exact) mass is 235 g/mol. The SMILES string of the molecule is CCCN(CC)c1cccc(OC)c1C(C)=O. The highest BCUT2D eigenvalue weighted by Gasteiger charge is 2.16. The van der Waals surface area contributed by atoms with Gasteiger partial charge in [-0.2, -0.15) is 0 Å². The van der Waals surface area contributed by atoms with Gasteiger partial charge in [-0.25, -0.2) is 0 Å². The van der Waals surface area contributed by atoms with E-state index in [2.05, 4.69) is 18.7 Å². The minimum Gasteiger partial charge on any atom is -0.496 e. The number of nitrogens with zero attached hydrogens (tertiary/aromatic N) is 1. The standard InChI is InChI=1S/C14H21NO2/c1-5-10-15(6-2)12-8-7-9-13(17-4)14(12)11(3)16/h7-9H,5-6,10H2,1-4H3. The molecule has 0 bridgehead atoms. The topological polar surface area (TPSA) is 29.5 Å². The maximum absolute atomic E-state index is 11.8. The Labute approximate surface area is 103 Å². The average Bonchev–Trinajstić information content (AvgIpc) is 2.34. The molecule has 0 unspecified atom stereocenters. The summed E-state index contributed by atoms with van der Waals surface area (Å²) >= 11 is 0. The molecule has 0 aliphatic carbocycles. The first-order chi connectivity index (χ1) is 8.15. The van der Waals surface area contributed by atoms with Crippen molar-refractivity contribution in [3.05, 3.63) is 23.8 Å². The number of hydrogen-bond donors (Lipinski definition) is 0. The third-order valence-corrected chi connectivity index (χ3v) is 2.79. The molecule has 1 rings (SSSR count). The van der Waals surface area contributed by atoms with Gasteiger partial charge in [-0.3, -0.25) is 4.79 Å². The summed E-state index contributed by atoms with van der Waals surface area (Å²) in [4.78, 5) is 14.0. The van der Waals surface area contributed by atoms with Gasteiger partial charge in [-0.1, -0.05) is 13.0 Å². The lowest BCUT2D eigenvalue weighted by atomic mass is 10.1. The van der Waals surface area contributed by atoms with E-state index in [1.807, 2.05) is 18.2 Å². The molecule has 0 aliphatic heterocycles. The molecule has 3 heteroatoms. The van der Waals surface area contributed by atoms with Crippen LogP contribution in [0.2, 0.25) is 0 Å². The van der Waals surface area contributed by atoms with E-state index in [-0.39, 0.29) is 5.78 Å². The van der Waals surface area contributed by atoms with Gasteiger partial charge in [0.25, 0.3) is 0 Å². The normalized spacial score (nSPS) is 10.1. The number of anilines is 1. The number of methoxy groups -OCH3 is 1. The highest BCUT2D eigenvalue weighted by atomic mass is 16.5. The van der Waals surface area contributed by atoms with Crippen molar-refractivity contribution in [3.63, 3.8) is 0 Å². The Morgan fingerprint density at radius 2 is 2.06 bits per heavy atom. The van der Waals surface area contributed by atoms with Crippen molar-refractivity contribution in [2.75, 3.05) is 25.1 Å². The second-order valence-electron chi connectivity index (χ2n) is 3.99. The molecule has 0 heterocycles. The lowest BCUT2D eigenvalue weighted by Crippen LogP contribution is -2.25. The van der Waals surface area contributed by atoms with Crippen LogP contribution in [-0.2, 0) is 0 Å². The molecule has 0 aromatic heterocycles. The molecule has 0 saturated carbocycles. The summed E-state index contributed by atoms with van der Waals surface area (Å²) in [5.41, 5.74) is 1.66. The number of Topliss-reactive ketones (excluding diaryl/α,β-unsaturated/α-hetero) is 1. The molecule has 0 spiro atoms. The maximum Gasteiger partial charge on any atom is 0.165 e. The zero-order valence-electron chi connectivity index (χ0n) is 11.1. The van der Waals surface area contributed by atoms with E-state index in [1.165, 1.54) is 0 Å². The zero-order valence-corrected chi connectivity index (χ0v) is 11.1. The van der Waals surface area contributed by atoms with Crippen molar-refractivity contribution < 1.29 is 9.53 Å². The van der Waals surface area contributed by atoms with Gasteiger partial charge < -0.3 is 9.64 Å². The summed E-state index contributed by atoms with van der Waals surface area (Å²) in [6.07, 6.45) is 1.06. The molecular formula is C14H21NO2. The molecule has 94 valence electrons. The molecule has 0 fully saturated rings. The quantitative estimate of drug-likeness (QED) is 0.709. The van der Waals surface area contributed by atoms with Crippen LogP contribution in [0.3, 0.4) is 0 Å². The van der Waals surface area contributed by atoms with Crippen LogP contribution in [-0.4, -0.2) is 26.0 Å². The fourth-order valence-electron chi connectivity index (χ4n) is 2.03. The van der Waals surface area contributed by atoms with E-state index >= 15 is 0 Å². The van der Waals surface area contributed by atoms with Gasteiger partial charge in [0, 0.05) is 13.1 Å². The molecule has 0 radical (unpaired) electrons. The van der Waals surface area contributed by atoms with Gasteiger partial charge in [0.2, 0.25) is 0 Å². The highest BCUT2D eigenvalue weighted by Crippen LogP contribution is 2.29. The van der Waals surface area contributed by atoms with Crippen molar-refractivity contribution in [3.8, 4) is 5.75 Å². The van der Waals surface area contributed by atoms with Gasteiger partial charge in [-0.05, 0) is 32.4 Å². The Hall–Kier alpha value is -1.51. The Bertz CT molecular complexity index is 388. The first-order valence-corrected chi connectivity index (χ1v) is 6.08. The summed E-state index contributed by atoms with van der Waals surface area (Å²) in [5, 5.41) is 0. The Morgan fingerprint density at radius 3 is 2.53 bits per heavy atom. The molecule has 0 amide bonds. The van der Waals surface area contributed by atoms with Gasteiger partial charge in [-0.15, -0.1) is 0 Å². The molecule has 0 atom stereocenters. The van der Waals surface area contributed by atoms with Crippen LogP contribution in [0, 0.1) is 0 Å². The number of hydrogen-bond acceptors (Lipinski definition) is 3. The van der Waals surface area contributed by atoms with E-state index in [9.17, 15) is 4.79 Å². The molecular weight excluding hydrogens is 214 g/mol. The summed E-state index contributed by atoms with van der Waals surface area (Å²) in [6, 6.07) is 5.75. The summed E-state index contributed by atoms with van der Waals surface area (Å²) in [6.45, 7) is 7.65. The molecule has 1 aromatic carbocycles. The summed E-state index contributed by atoms with van der Waals surface area (Å²) < 4.78 is 5.27. The van der Waals surface area contributed by atoms with Crippen molar-refractivity contribution in [2.45, 2.75) is 27.2 Å². The number of benzene rings is 1. The van der Waals surface area contributed by atoms with E-state index in [4.69, 9.17) is 4.74 Å². The third kappa shape index (κ3) is 2.99. The smallest absolute Gasteiger partial charge is 0.165 e. The van der Waals surface area contributed by atoms with Crippen LogP contribution in [0.1, 0.15) is 37.6 Å². The van der Waals surface area contributed by atoms with Crippen LogP contribution in [0.5, 0.6) is 5.75 Å². The van der Waals surface area contributed by atoms with Gasteiger partial charge in [0.05, 0.1) is 18.4 Å². The first kappa shape index (κ1) is 13.6. The lowest BCUT2D eigenvalue weighted by molar-refractivity contribution is 0.101. The Kier molecular flexibility index (Phi) is 5.01. The molecule has 17 heavy (non-hydrogen) atoms. The van der Waals surface area contributed by atoms with E-state index < -0.39 is 0 Å². The molecule has 3 nitrogen and oxygen atoms in total. The molecule has 1 aromatic rings. The second-order valence-corrected chi connectivity index (χ2v) is 3.99. The van der Waals surface area contributed by atoms with Crippen LogP contribution in [0.25, 0.3) is 0 Å². The minimum atomic E-state index is 0.0482. The minimum absolute atomic E-state index is 0.0482. The number of ketones is 1. The van der Waals surface area contributed by atoms with Crippen LogP contribution in [0.15, 0.2) is 18.2 Å². The van der Waals surface area contributed by atoms with E-state index in [0.29, 0.717) is 11.3 Å². The van der Waals surface area contributed by atoms with E-state index in [0.717, 1.165) is 25.2 Å². The number of carbonyl (C=O) groups is 1. The van der Waals surface area contributed by atoms with Crippen LogP contribution >= 0.6 is 0 Å². The largest absolute Gasteiger partial charge is 0.496 e. The number of rotatable bonds is 6. The van der Waals surface area contributed by atoms with Gasteiger partial charge >= 0.3 is 0 Å². The second kappa shape index (κ2) is 6.28. The predicted molar refractivity (Wildman–Crippen MR) is 71.2 cm³/mol. The lowest BCUT2D eigenvalue weighted by Gasteiger charge is -2.25. The van der Waals surface area contributed by atoms with E-state index in [1.54, 1.807) is 14.0 Å². The Morgan fingerprint density at radius 1 is 1.35 bits per heavy atom. The fraction of sp³-hybridized carbons (Fsp3) is 0.500. The van der Waals surface area contributed by atoms with Crippen LogP contribution in [0.4, 0.5) is 5.69 Å². The van der Waals surface area contributed by atoms with Crippen molar-refractivity contribution in [1.82, 2.24) is 0 Å². The predicted octanol–water partition coefficient (Wildman–Crippen LogP) is 3.13. The maximum atomic E-state index is 11.8. The first-order valence-electron chi connectivity index (χ1n) is 6.08. The highest BCUT2D eigenvalue weighted by molar-refractivity contribution is 6.02. The van der Waals surface area contributed by atoms with Gasteiger partial charge in [0.1, 0.15) is 5.75 Å². The molecule has 0 N–H and O–H groups in total. The van der Waals surface area contributed by atoms with Gasteiger partial charge in [0.15, 0.2) is 5.78 Å². The molecule has 0 aliphatic rings. The number of ether oxygens (including phenoxy) is 1. The van der Waals surface area contributed by atoms with Crippen molar-refractivity contribution in [1.29, 1.82) is 0 Å². The Balaban J connectivity index is 3.25.